The third-order valence-corrected chi connectivity index (χ3v) is 8.93. The van der Waals surface area contributed by atoms with Gasteiger partial charge in [0.15, 0.2) is 0 Å². The molecule has 4 fully saturated rings. The van der Waals surface area contributed by atoms with E-state index in [2.05, 4.69) is 31.0 Å². The van der Waals surface area contributed by atoms with Crippen molar-refractivity contribution in [1.82, 2.24) is 10.2 Å². The van der Waals surface area contributed by atoms with Gasteiger partial charge < -0.3 is 19.7 Å². The van der Waals surface area contributed by atoms with Crippen molar-refractivity contribution >= 4 is 5.97 Å². The summed E-state index contributed by atoms with van der Waals surface area (Å²) in [5, 5.41) is 3.62. The van der Waals surface area contributed by atoms with E-state index in [4.69, 9.17) is 9.47 Å². The summed E-state index contributed by atoms with van der Waals surface area (Å²) in [7, 11) is 0. The highest BCUT2D eigenvalue weighted by atomic mass is 16.6. The molecule has 2 aliphatic carbocycles. The molecular weight excluding hydrogens is 388 g/mol. The minimum Gasteiger partial charge on any atom is -0.462 e. The number of rotatable bonds is 12. The minimum absolute atomic E-state index is 0.0311. The Morgan fingerprint density at radius 1 is 1.10 bits per heavy atom. The molecule has 1 N–H and O–H groups in total. The molecule has 4 rings (SSSR count). The predicted octanol–water partition coefficient (Wildman–Crippen LogP) is 4.40. The van der Waals surface area contributed by atoms with Gasteiger partial charge in [0.1, 0.15) is 6.10 Å². The van der Waals surface area contributed by atoms with Crippen molar-refractivity contribution in [2.75, 3.05) is 39.3 Å². The van der Waals surface area contributed by atoms with Crippen LogP contribution in [0.5, 0.6) is 0 Å². The summed E-state index contributed by atoms with van der Waals surface area (Å²) in [6.45, 7) is 13.3. The van der Waals surface area contributed by atoms with Gasteiger partial charge in [-0.05, 0) is 88.9 Å². The summed E-state index contributed by atoms with van der Waals surface area (Å²) in [4.78, 5) is 15.4. The van der Waals surface area contributed by atoms with Crippen molar-refractivity contribution in [3.05, 3.63) is 0 Å². The third-order valence-electron chi connectivity index (χ3n) is 8.93. The van der Waals surface area contributed by atoms with Crippen LogP contribution in [0.25, 0.3) is 0 Å². The topological polar surface area (TPSA) is 54.1 Å². The quantitative estimate of drug-likeness (QED) is 0.280. The zero-order valence-electron chi connectivity index (χ0n) is 20.3. The maximum atomic E-state index is 12.7. The number of hydrogen-bond acceptors (Lipinski definition) is 5. The highest BCUT2D eigenvalue weighted by molar-refractivity contribution is 5.75. The molecule has 0 radical (unpaired) electrons. The Hall–Kier alpha value is -0.650. The number of esters is 1. The lowest BCUT2D eigenvalue weighted by molar-refractivity contribution is -0.147. The molecule has 5 nitrogen and oxygen atoms in total. The maximum Gasteiger partial charge on any atom is 0.310 e. The molecule has 178 valence electrons. The van der Waals surface area contributed by atoms with Crippen LogP contribution in [0.3, 0.4) is 0 Å². The molecule has 2 unspecified atom stereocenters. The van der Waals surface area contributed by atoms with Gasteiger partial charge in [-0.25, -0.2) is 0 Å². The summed E-state index contributed by atoms with van der Waals surface area (Å²) in [5.41, 5.74) is 0.432. The Bertz CT molecular complexity index is 599. The van der Waals surface area contributed by atoms with E-state index in [1.165, 1.54) is 58.0 Å². The van der Waals surface area contributed by atoms with Gasteiger partial charge in [-0.3, -0.25) is 4.79 Å². The highest BCUT2D eigenvalue weighted by Gasteiger charge is 2.64. The fourth-order valence-corrected chi connectivity index (χ4v) is 6.97. The molecule has 6 atom stereocenters. The van der Waals surface area contributed by atoms with Crippen LogP contribution in [0.1, 0.15) is 85.0 Å². The Kier molecular flexibility index (Phi) is 7.65. The Labute approximate surface area is 190 Å². The second-order valence-corrected chi connectivity index (χ2v) is 11.2. The van der Waals surface area contributed by atoms with Gasteiger partial charge >= 0.3 is 5.97 Å². The van der Waals surface area contributed by atoms with E-state index in [1.54, 1.807) is 0 Å². The van der Waals surface area contributed by atoms with Crippen LogP contribution >= 0.6 is 0 Å². The molecule has 0 aromatic rings. The van der Waals surface area contributed by atoms with Crippen molar-refractivity contribution in [2.24, 2.45) is 23.2 Å². The zero-order valence-corrected chi connectivity index (χ0v) is 20.3. The molecule has 2 heterocycles. The summed E-state index contributed by atoms with van der Waals surface area (Å²) in [6, 6.07) is 0. The molecular formula is C26H46N2O3. The SMILES string of the molecule is CCCCN(CCCC)CCCNCC1C(=O)O[C@@H]2C[C@@]3(C)CCCC4(CO4)[C@@H]3C[C@H]12. The molecule has 0 aromatic heterocycles. The summed E-state index contributed by atoms with van der Waals surface area (Å²) in [5.74, 6) is 1.06. The molecule has 0 aromatic carbocycles. The summed E-state index contributed by atoms with van der Waals surface area (Å²) >= 11 is 0. The molecule has 2 saturated carbocycles. The second-order valence-electron chi connectivity index (χ2n) is 11.2. The number of fused-ring (bicyclic) bond motifs is 3. The van der Waals surface area contributed by atoms with E-state index < -0.39 is 0 Å². The smallest absolute Gasteiger partial charge is 0.310 e. The van der Waals surface area contributed by atoms with Gasteiger partial charge in [0.25, 0.3) is 0 Å². The highest BCUT2D eigenvalue weighted by Crippen LogP contribution is 2.62. The molecule has 31 heavy (non-hydrogen) atoms. The fraction of sp³-hybridized carbons (Fsp3) is 0.962. The van der Waals surface area contributed by atoms with Crippen molar-refractivity contribution in [3.8, 4) is 0 Å². The molecule has 4 aliphatic rings. The van der Waals surface area contributed by atoms with E-state index in [0.29, 0.717) is 17.3 Å². The number of unbranched alkanes of at least 4 members (excludes halogenated alkanes) is 2. The van der Waals surface area contributed by atoms with Crippen molar-refractivity contribution in [1.29, 1.82) is 0 Å². The summed E-state index contributed by atoms with van der Waals surface area (Å²) < 4.78 is 12.0. The van der Waals surface area contributed by atoms with Crippen molar-refractivity contribution in [2.45, 2.75) is 96.7 Å². The predicted molar refractivity (Wildman–Crippen MR) is 124 cm³/mol. The average molecular weight is 435 g/mol. The largest absolute Gasteiger partial charge is 0.462 e. The fourth-order valence-electron chi connectivity index (χ4n) is 6.97. The second kappa shape index (κ2) is 10.1. The molecule has 1 spiro atoms. The lowest BCUT2D eigenvalue weighted by Gasteiger charge is -2.51. The van der Waals surface area contributed by atoms with Gasteiger partial charge in [-0.15, -0.1) is 0 Å². The third kappa shape index (κ3) is 5.14. The van der Waals surface area contributed by atoms with Crippen LogP contribution in [0.4, 0.5) is 0 Å². The first-order valence-corrected chi connectivity index (χ1v) is 13.3. The molecule has 5 heteroatoms. The first-order chi connectivity index (χ1) is 15.0. The number of nitrogens with zero attached hydrogens (tertiary/aromatic N) is 1. The molecule has 2 aliphatic heterocycles. The van der Waals surface area contributed by atoms with E-state index in [-0.39, 0.29) is 23.6 Å². The standard InChI is InChI=1S/C26H46N2O3/c1-4-6-13-28(14-7-5-2)15-9-12-27-18-21-20-16-23-25(3,17-22(20)31-24(21)29)10-8-11-26(23)19-30-26/h20-23,27H,4-19H2,1-3H3/t20-,21?,22-,23-,25-,26?/m1/s1. The van der Waals surface area contributed by atoms with Crippen LogP contribution in [0, 0.1) is 23.2 Å². The first-order valence-electron chi connectivity index (χ1n) is 13.3. The van der Waals surface area contributed by atoms with Gasteiger partial charge in [0, 0.05) is 12.5 Å². The summed E-state index contributed by atoms with van der Waals surface area (Å²) in [6.07, 6.45) is 12.3. The van der Waals surface area contributed by atoms with E-state index in [1.807, 2.05) is 0 Å². The van der Waals surface area contributed by atoms with Gasteiger partial charge in [0.05, 0.1) is 18.1 Å². The lowest BCUT2D eigenvalue weighted by atomic mass is 9.53. The molecule has 0 amide bonds. The first kappa shape index (κ1) is 23.5. The number of hydrogen-bond donors (Lipinski definition) is 1. The maximum absolute atomic E-state index is 12.7. The van der Waals surface area contributed by atoms with Gasteiger partial charge in [-0.1, -0.05) is 33.6 Å². The van der Waals surface area contributed by atoms with Crippen molar-refractivity contribution < 1.29 is 14.3 Å². The Morgan fingerprint density at radius 3 is 2.48 bits per heavy atom. The number of ether oxygens (including phenoxy) is 2. The lowest BCUT2D eigenvalue weighted by Crippen LogP contribution is -2.51. The minimum atomic E-state index is 0.0311. The molecule has 0 bridgehead atoms. The van der Waals surface area contributed by atoms with E-state index in [9.17, 15) is 4.79 Å². The average Bonchev–Trinajstić information content (AvgIpc) is 3.45. The van der Waals surface area contributed by atoms with Gasteiger partial charge in [-0.2, -0.15) is 0 Å². The Balaban J connectivity index is 1.24. The monoisotopic (exact) mass is 434 g/mol. The number of carbonyl (C=O) groups is 1. The number of epoxide rings is 1. The Morgan fingerprint density at radius 2 is 1.81 bits per heavy atom. The van der Waals surface area contributed by atoms with Crippen molar-refractivity contribution in [3.63, 3.8) is 0 Å². The normalized spacial score (nSPS) is 38.9. The van der Waals surface area contributed by atoms with Crippen LogP contribution < -0.4 is 5.32 Å². The van der Waals surface area contributed by atoms with Crippen LogP contribution in [-0.4, -0.2) is 61.9 Å². The van der Waals surface area contributed by atoms with Crippen LogP contribution in [0.15, 0.2) is 0 Å². The van der Waals surface area contributed by atoms with E-state index >= 15 is 0 Å². The number of carbonyl (C=O) groups excluding carboxylic acids is 1. The van der Waals surface area contributed by atoms with Gasteiger partial charge in [0.2, 0.25) is 0 Å². The number of nitrogens with one attached hydrogen (secondary N) is 1. The van der Waals surface area contributed by atoms with E-state index in [0.717, 1.165) is 45.5 Å². The van der Waals surface area contributed by atoms with Crippen LogP contribution in [0.2, 0.25) is 0 Å². The zero-order chi connectivity index (χ0) is 21.9. The van der Waals surface area contributed by atoms with Crippen LogP contribution in [-0.2, 0) is 14.3 Å². The molecule has 2 saturated heterocycles.